The van der Waals surface area contributed by atoms with E-state index in [-0.39, 0.29) is 0 Å². The average Bonchev–Trinajstić information content (AvgIpc) is 2.51. The van der Waals surface area contributed by atoms with Crippen molar-refractivity contribution < 1.29 is 5.11 Å². The lowest BCUT2D eigenvalue weighted by molar-refractivity contribution is 0.00959. The molecule has 1 heteroatoms. The largest absolute Gasteiger partial charge is 0.389 e. The molecule has 2 atom stereocenters. The van der Waals surface area contributed by atoms with Gasteiger partial charge in [0.1, 0.15) is 0 Å². The van der Waals surface area contributed by atoms with Crippen molar-refractivity contribution in [1.82, 2.24) is 0 Å². The quantitative estimate of drug-likeness (QED) is 0.785. The van der Waals surface area contributed by atoms with Crippen LogP contribution in [0.15, 0.2) is 24.3 Å². The van der Waals surface area contributed by atoms with Gasteiger partial charge in [-0.2, -0.15) is 0 Å². The number of hydrogen-bond acceptors (Lipinski definition) is 1. The number of aliphatic hydroxyl groups is 1. The van der Waals surface area contributed by atoms with Gasteiger partial charge in [-0.1, -0.05) is 43.2 Å². The van der Waals surface area contributed by atoms with Crippen molar-refractivity contribution in [2.24, 2.45) is 5.92 Å². The second-order valence-corrected chi connectivity index (χ2v) is 5.06. The molecule has 0 aliphatic heterocycles. The highest BCUT2D eigenvalue weighted by Gasteiger charge is 2.37. The van der Waals surface area contributed by atoms with Gasteiger partial charge >= 0.3 is 0 Å². The van der Waals surface area contributed by atoms with E-state index in [1.807, 2.05) is 0 Å². The second kappa shape index (κ2) is 3.97. The Balaban J connectivity index is 2.11. The monoisotopic (exact) mass is 204 g/mol. The maximum absolute atomic E-state index is 10.5. The highest BCUT2D eigenvalue weighted by molar-refractivity contribution is 5.23. The first-order valence-corrected chi connectivity index (χ1v) is 5.88. The van der Waals surface area contributed by atoms with Gasteiger partial charge in [0, 0.05) is 6.42 Å². The van der Waals surface area contributed by atoms with Crippen molar-refractivity contribution >= 4 is 0 Å². The Morgan fingerprint density at radius 3 is 2.53 bits per heavy atom. The molecule has 2 rings (SSSR count). The third-order valence-electron chi connectivity index (χ3n) is 3.79. The van der Waals surface area contributed by atoms with Crippen molar-refractivity contribution in [2.75, 3.05) is 0 Å². The summed E-state index contributed by atoms with van der Waals surface area (Å²) in [4.78, 5) is 0. The normalized spacial score (nSPS) is 30.7. The van der Waals surface area contributed by atoms with Crippen LogP contribution in [0.1, 0.15) is 37.3 Å². The molecular formula is C14H20O. The number of aryl methyl sites for hydroxylation is 1. The van der Waals surface area contributed by atoms with Crippen molar-refractivity contribution in [3.8, 4) is 0 Å². The van der Waals surface area contributed by atoms with Gasteiger partial charge in [0.2, 0.25) is 0 Å². The fourth-order valence-corrected chi connectivity index (χ4v) is 2.55. The number of rotatable bonds is 2. The molecule has 1 aliphatic rings. The zero-order valence-corrected chi connectivity index (χ0v) is 9.66. The predicted octanol–water partition coefficient (Wildman–Crippen LogP) is 3.09. The highest BCUT2D eigenvalue weighted by atomic mass is 16.3. The van der Waals surface area contributed by atoms with E-state index in [1.54, 1.807) is 0 Å². The molecule has 1 nitrogen and oxygen atoms in total. The van der Waals surface area contributed by atoms with E-state index in [4.69, 9.17) is 0 Å². The van der Waals surface area contributed by atoms with E-state index in [9.17, 15) is 5.11 Å². The van der Waals surface area contributed by atoms with Crippen molar-refractivity contribution in [1.29, 1.82) is 0 Å². The fraction of sp³-hybridized carbons (Fsp3) is 0.571. The van der Waals surface area contributed by atoms with E-state index in [2.05, 4.69) is 38.1 Å². The van der Waals surface area contributed by atoms with Gasteiger partial charge in [0.15, 0.2) is 0 Å². The average molecular weight is 204 g/mol. The van der Waals surface area contributed by atoms with Crippen LogP contribution in [0.4, 0.5) is 0 Å². The van der Waals surface area contributed by atoms with Gasteiger partial charge < -0.3 is 5.11 Å². The summed E-state index contributed by atoms with van der Waals surface area (Å²) in [6.45, 7) is 4.26. The molecule has 82 valence electrons. The second-order valence-electron chi connectivity index (χ2n) is 5.06. The zero-order valence-electron chi connectivity index (χ0n) is 9.66. The molecule has 2 unspecified atom stereocenters. The number of benzene rings is 1. The highest BCUT2D eigenvalue weighted by Crippen LogP contribution is 2.37. The molecule has 0 amide bonds. The van der Waals surface area contributed by atoms with Crippen LogP contribution in [-0.4, -0.2) is 10.7 Å². The van der Waals surface area contributed by atoms with E-state index < -0.39 is 5.60 Å². The molecule has 0 aromatic heterocycles. The molecule has 1 aliphatic carbocycles. The van der Waals surface area contributed by atoms with Gasteiger partial charge in [0.25, 0.3) is 0 Å². The smallest absolute Gasteiger partial charge is 0.0713 e. The van der Waals surface area contributed by atoms with Crippen molar-refractivity contribution in [2.45, 2.75) is 45.1 Å². The van der Waals surface area contributed by atoms with E-state index in [0.717, 1.165) is 12.8 Å². The number of hydrogen-bond donors (Lipinski definition) is 1. The van der Waals surface area contributed by atoms with Crippen LogP contribution in [0, 0.1) is 12.8 Å². The Bertz CT molecular complexity index is 328. The Labute approximate surface area is 92.1 Å². The minimum Gasteiger partial charge on any atom is -0.389 e. The molecule has 1 aromatic rings. The first-order chi connectivity index (χ1) is 7.10. The molecule has 0 radical (unpaired) electrons. The Kier molecular flexibility index (Phi) is 2.83. The standard InChI is InChI=1S/C14H20O/c1-11-5-7-13(8-6-11)10-14(15)9-3-4-12(14)2/h5-8,12,15H,3-4,9-10H2,1-2H3. The molecule has 0 spiro atoms. The third kappa shape index (κ3) is 2.23. The van der Waals surface area contributed by atoms with E-state index in [1.165, 1.54) is 24.0 Å². The Hall–Kier alpha value is -0.820. The summed E-state index contributed by atoms with van der Waals surface area (Å²) in [5.41, 5.74) is 2.09. The van der Waals surface area contributed by atoms with Gasteiger partial charge in [-0.3, -0.25) is 0 Å². The SMILES string of the molecule is Cc1ccc(CC2(O)CCCC2C)cc1. The fourth-order valence-electron chi connectivity index (χ4n) is 2.55. The summed E-state index contributed by atoms with van der Waals surface area (Å²) in [6, 6.07) is 8.52. The van der Waals surface area contributed by atoms with Gasteiger partial charge in [-0.05, 0) is 31.2 Å². The summed E-state index contributed by atoms with van der Waals surface area (Å²) in [5.74, 6) is 0.443. The van der Waals surface area contributed by atoms with E-state index in [0.29, 0.717) is 5.92 Å². The molecule has 1 fully saturated rings. The minimum absolute atomic E-state index is 0.443. The summed E-state index contributed by atoms with van der Waals surface area (Å²) in [5, 5.41) is 10.5. The predicted molar refractivity (Wildman–Crippen MR) is 62.8 cm³/mol. The van der Waals surface area contributed by atoms with Crippen LogP contribution in [0.3, 0.4) is 0 Å². The molecule has 1 aromatic carbocycles. The summed E-state index contributed by atoms with van der Waals surface area (Å²) in [7, 11) is 0. The maximum Gasteiger partial charge on any atom is 0.0713 e. The lowest BCUT2D eigenvalue weighted by atomic mass is 9.86. The molecule has 15 heavy (non-hydrogen) atoms. The van der Waals surface area contributed by atoms with Gasteiger partial charge in [0.05, 0.1) is 5.60 Å². The maximum atomic E-state index is 10.5. The molecule has 1 N–H and O–H groups in total. The minimum atomic E-state index is -0.449. The lowest BCUT2D eigenvalue weighted by Gasteiger charge is -2.27. The summed E-state index contributed by atoms with van der Waals surface area (Å²) in [6.07, 6.45) is 4.11. The Morgan fingerprint density at radius 1 is 1.33 bits per heavy atom. The summed E-state index contributed by atoms with van der Waals surface area (Å²) < 4.78 is 0. The Morgan fingerprint density at radius 2 is 2.00 bits per heavy atom. The first-order valence-electron chi connectivity index (χ1n) is 5.88. The van der Waals surface area contributed by atoms with Gasteiger partial charge in [-0.25, -0.2) is 0 Å². The van der Waals surface area contributed by atoms with Crippen LogP contribution in [0.25, 0.3) is 0 Å². The van der Waals surface area contributed by atoms with Crippen LogP contribution in [0.5, 0.6) is 0 Å². The van der Waals surface area contributed by atoms with Crippen LogP contribution < -0.4 is 0 Å². The lowest BCUT2D eigenvalue weighted by Crippen LogP contribution is -2.34. The van der Waals surface area contributed by atoms with Crippen LogP contribution >= 0.6 is 0 Å². The topological polar surface area (TPSA) is 20.2 Å². The van der Waals surface area contributed by atoms with Gasteiger partial charge in [-0.15, -0.1) is 0 Å². The van der Waals surface area contributed by atoms with Crippen LogP contribution in [-0.2, 0) is 6.42 Å². The van der Waals surface area contributed by atoms with Crippen molar-refractivity contribution in [3.05, 3.63) is 35.4 Å². The first kappa shape index (κ1) is 10.7. The third-order valence-corrected chi connectivity index (χ3v) is 3.79. The molecule has 1 saturated carbocycles. The van der Waals surface area contributed by atoms with Crippen LogP contribution in [0.2, 0.25) is 0 Å². The zero-order chi connectivity index (χ0) is 10.9. The summed E-state index contributed by atoms with van der Waals surface area (Å²) >= 11 is 0. The molecular weight excluding hydrogens is 184 g/mol. The van der Waals surface area contributed by atoms with Crippen molar-refractivity contribution in [3.63, 3.8) is 0 Å². The molecule has 0 heterocycles. The van der Waals surface area contributed by atoms with E-state index >= 15 is 0 Å². The molecule has 0 bridgehead atoms. The molecule has 0 saturated heterocycles.